The van der Waals surface area contributed by atoms with Gasteiger partial charge >= 0.3 is 0 Å². The predicted molar refractivity (Wildman–Crippen MR) is 105 cm³/mol. The van der Waals surface area contributed by atoms with Crippen LogP contribution in [-0.4, -0.2) is 50.3 Å². The van der Waals surface area contributed by atoms with Crippen LogP contribution in [0.2, 0.25) is 0 Å². The molecule has 1 aliphatic heterocycles. The van der Waals surface area contributed by atoms with Crippen LogP contribution < -0.4 is 11.1 Å². The number of morpholine rings is 1. The van der Waals surface area contributed by atoms with Gasteiger partial charge in [-0.3, -0.25) is 4.90 Å². The van der Waals surface area contributed by atoms with Crippen LogP contribution >= 0.6 is 39.9 Å². The zero-order valence-corrected chi connectivity index (χ0v) is 16.5. The van der Waals surface area contributed by atoms with Crippen molar-refractivity contribution in [2.45, 2.75) is 13.0 Å². The van der Waals surface area contributed by atoms with Crippen molar-refractivity contribution in [3.8, 4) is 0 Å². The van der Waals surface area contributed by atoms with Crippen LogP contribution in [0.4, 0.5) is 0 Å². The lowest BCUT2D eigenvalue weighted by Crippen LogP contribution is -2.39. The molecule has 7 heteroatoms. The van der Waals surface area contributed by atoms with Gasteiger partial charge in [0.25, 0.3) is 0 Å². The number of hydrogen-bond donors (Lipinski definition) is 2. The number of rotatable bonds is 6. The lowest BCUT2D eigenvalue weighted by molar-refractivity contribution is 0.0376. The van der Waals surface area contributed by atoms with Crippen LogP contribution in [0.1, 0.15) is 12.0 Å². The lowest BCUT2D eigenvalue weighted by Gasteiger charge is -2.26. The third-order valence-electron chi connectivity index (χ3n) is 3.44. The number of hydrogen-bond acceptors (Lipinski definition) is 3. The average Bonchev–Trinajstić information content (AvgIpc) is 2.52. The van der Waals surface area contributed by atoms with Gasteiger partial charge < -0.3 is 15.8 Å². The molecule has 1 heterocycles. The Morgan fingerprint density at radius 2 is 2.05 bits per heavy atom. The Hall–Kier alpha value is -0.380. The second-order valence-electron chi connectivity index (χ2n) is 5.03. The van der Waals surface area contributed by atoms with Crippen molar-refractivity contribution >= 4 is 45.9 Å². The van der Waals surface area contributed by atoms with E-state index in [0.29, 0.717) is 12.5 Å². The molecule has 1 aromatic carbocycles. The number of benzene rings is 1. The molecule has 0 aromatic heterocycles. The third kappa shape index (κ3) is 7.26. The van der Waals surface area contributed by atoms with E-state index in [4.69, 9.17) is 10.5 Å². The summed E-state index contributed by atoms with van der Waals surface area (Å²) in [5.41, 5.74) is 7.02. The summed E-state index contributed by atoms with van der Waals surface area (Å²) >= 11 is 3.51. The summed E-state index contributed by atoms with van der Waals surface area (Å²) in [4.78, 5) is 6.78. The largest absolute Gasteiger partial charge is 0.379 e. The number of nitrogens with two attached hydrogens (primary N) is 1. The molecule has 5 nitrogen and oxygen atoms in total. The average molecular weight is 483 g/mol. The molecule has 1 aliphatic rings. The third-order valence-corrected chi connectivity index (χ3v) is 4.21. The maximum absolute atomic E-state index is 5.88. The van der Waals surface area contributed by atoms with E-state index < -0.39 is 0 Å². The molecular formula is C15H24BrIN4O. The molecule has 2 rings (SSSR count). The van der Waals surface area contributed by atoms with E-state index in [1.807, 2.05) is 24.3 Å². The highest BCUT2D eigenvalue weighted by Crippen LogP contribution is 2.16. The minimum absolute atomic E-state index is 0. The standard InChI is InChI=1S/C15H23BrN4O.HI/c16-14-5-2-1-4-13(14)12-19-15(17)18-6-3-7-20-8-10-21-11-9-20;/h1-2,4-5H,3,6-12H2,(H3,17,18,19);1H. The van der Waals surface area contributed by atoms with Gasteiger partial charge in [0, 0.05) is 24.1 Å². The zero-order chi connectivity index (χ0) is 14.9. The Labute approximate surface area is 157 Å². The van der Waals surface area contributed by atoms with E-state index in [-0.39, 0.29) is 24.0 Å². The van der Waals surface area contributed by atoms with Crippen LogP contribution in [-0.2, 0) is 11.3 Å². The van der Waals surface area contributed by atoms with Gasteiger partial charge in [-0.15, -0.1) is 24.0 Å². The van der Waals surface area contributed by atoms with Gasteiger partial charge in [0.15, 0.2) is 5.96 Å². The van der Waals surface area contributed by atoms with Crippen molar-refractivity contribution in [2.24, 2.45) is 10.7 Å². The predicted octanol–water partition coefficient (Wildman–Crippen LogP) is 2.19. The topological polar surface area (TPSA) is 62.9 Å². The Morgan fingerprint density at radius 1 is 1.32 bits per heavy atom. The minimum Gasteiger partial charge on any atom is -0.379 e. The van der Waals surface area contributed by atoms with Crippen LogP contribution in [0, 0.1) is 0 Å². The number of halogens is 2. The molecule has 0 bridgehead atoms. The second kappa shape index (κ2) is 11.2. The molecule has 0 atom stereocenters. The smallest absolute Gasteiger partial charge is 0.188 e. The Morgan fingerprint density at radius 3 is 2.77 bits per heavy atom. The molecular weight excluding hydrogens is 459 g/mol. The monoisotopic (exact) mass is 482 g/mol. The number of ether oxygens (including phenoxy) is 1. The van der Waals surface area contributed by atoms with Crippen molar-refractivity contribution in [1.29, 1.82) is 0 Å². The Bertz CT molecular complexity index is 467. The van der Waals surface area contributed by atoms with Crippen LogP contribution in [0.25, 0.3) is 0 Å². The van der Waals surface area contributed by atoms with Crippen molar-refractivity contribution < 1.29 is 4.74 Å². The molecule has 0 aliphatic carbocycles. The fourth-order valence-electron chi connectivity index (χ4n) is 2.20. The van der Waals surface area contributed by atoms with Crippen LogP contribution in [0.15, 0.2) is 33.7 Å². The maximum Gasteiger partial charge on any atom is 0.188 e. The fraction of sp³-hybridized carbons (Fsp3) is 0.533. The molecule has 0 spiro atoms. The highest BCUT2D eigenvalue weighted by Gasteiger charge is 2.08. The van der Waals surface area contributed by atoms with Gasteiger partial charge in [0.2, 0.25) is 0 Å². The highest BCUT2D eigenvalue weighted by molar-refractivity contribution is 14.0. The summed E-state index contributed by atoms with van der Waals surface area (Å²) in [6, 6.07) is 8.04. The first-order valence-corrected chi connectivity index (χ1v) is 8.12. The van der Waals surface area contributed by atoms with Gasteiger partial charge in [0.1, 0.15) is 0 Å². The summed E-state index contributed by atoms with van der Waals surface area (Å²) in [5, 5.41) is 3.17. The first-order valence-electron chi connectivity index (χ1n) is 7.33. The minimum atomic E-state index is 0. The van der Waals surface area contributed by atoms with Crippen LogP contribution in [0.3, 0.4) is 0 Å². The van der Waals surface area contributed by atoms with E-state index >= 15 is 0 Å². The number of nitrogens with zero attached hydrogens (tertiary/aromatic N) is 2. The van der Waals surface area contributed by atoms with E-state index in [2.05, 4.69) is 31.1 Å². The normalized spacial score (nSPS) is 16.1. The van der Waals surface area contributed by atoms with Gasteiger partial charge in [-0.25, -0.2) is 4.99 Å². The van der Waals surface area contributed by atoms with Crippen molar-refractivity contribution in [1.82, 2.24) is 10.2 Å². The molecule has 124 valence electrons. The SMILES string of the molecule is I.NC(=NCc1ccccc1Br)NCCCN1CCOCC1. The number of guanidine groups is 1. The molecule has 0 radical (unpaired) electrons. The molecule has 0 saturated carbocycles. The van der Waals surface area contributed by atoms with Gasteiger partial charge in [0.05, 0.1) is 19.8 Å². The van der Waals surface area contributed by atoms with Crippen LogP contribution in [0.5, 0.6) is 0 Å². The summed E-state index contributed by atoms with van der Waals surface area (Å²) < 4.78 is 6.39. The van der Waals surface area contributed by atoms with Crippen molar-refractivity contribution in [3.63, 3.8) is 0 Å². The van der Waals surface area contributed by atoms with Crippen molar-refractivity contribution in [3.05, 3.63) is 34.3 Å². The lowest BCUT2D eigenvalue weighted by atomic mass is 10.2. The molecule has 0 amide bonds. The summed E-state index contributed by atoms with van der Waals surface area (Å²) in [6.45, 7) is 6.28. The summed E-state index contributed by atoms with van der Waals surface area (Å²) in [6.07, 6.45) is 1.06. The van der Waals surface area contributed by atoms with E-state index in [1.54, 1.807) is 0 Å². The quantitative estimate of drug-likeness (QED) is 0.282. The molecule has 1 aromatic rings. The summed E-state index contributed by atoms with van der Waals surface area (Å²) in [7, 11) is 0. The van der Waals surface area contributed by atoms with Gasteiger partial charge in [-0.1, -0.05) is 34.1 Å². The highest BCUT2D eigenvalue weighted by atomic mass is 127. The number of aliphatic imine (C=N–C) groups is 1. The first kappa shape index (κ1) is 19.7. The zero-order valence-electron chi connectivity index (χ0n) is 12.6. The maximum atomic E-state index is 5.88. The van der Waals surface area contributed by atoms with E-state index in [9.17, 15) is 0 Å². The Balaban J connectivity index is 0.00000242. The first-order chi connectivity index (χ1) is 10.3. The van der Waals surface area contributed by atoms with Crippen molar-refractivity contribution in [2.75, 3.05) is 39.4 Å². The van der Waals surface area contributed by atoms with E-state index in [0.717, 1.165) is 55.8 Å². The van der Waals surface area contributed by atoms with E-state index in [1.165, 1.54) is 0 Å². The second-order valence-corrected chi connectivity index (χ2v) is 5.88. The molecule has 22 heavy (non-hydrogen) atoms. The van der Waals surface area contributed by atoms with Gasteiger partial charge in [-0.2, -0.15) is 0 Å². The molecule has 0 unspecified atom stereocenters. The molecule has 1 saturated heterocycles. The summed E-state index contributed by atoms with van der Waals surface area (Å²) in [5.74, 6) is 0.507. The Kier molecular flexibility index (Phi) is 10.0. The number of nitrogens with one attached hydrogen (secondary N) is 1. The van der Waals surface area contributed by atoms with Gasteiger partial charge in [-0.05, 0) is 24.6 Å². The molecule has 1 fully saturated rings. The molecule has 3 N–H and O–H groups in total. The fourth-order valence-corrected chi connectivity index (χ4v) is 2.61.